The van der Waals surface area contributed by atoms with E-state index in [0.29, 0.717) is 10.8 Å². The summed E-state index contributed by atoms with van der Waals surface area (Å²) in [5.41, 5.74) is 12.0. The lowest BCUT2D eigenvalue weighted by molar-refractivity contribution is 0.100. The van der Waals surface area contributed by atoms with E-state index in [4.69, 9.17) is 23.1 Å². The predicted molar refractivity (Wildman–Crippen MR) is 71.9 cm³/mol. The number of aromatic nitrogens is 1. The van der Waals surface area contributed by atoms with Crippen molar-refractivity contribution in [2.45, 2.75) is 0 Å². The second-order valence-corrected chi connectivity index (χ2v) is 4.09. The maximum atomic E-state index is 11.1. The number of nitrogens with zero attached hydrogens (tertiary/aromatic N) is 1. The predicted octanol–water partition coefficient (Wildman–Crippen LogP) is 2.16. The van der Waals surface area contributed by atoms with Crippen molar-refractivity contribution in [3.63, 3.8) is 0 Å². The van der Waals surface area contributed by atoms with E-state index in [2.05, 4.69) is 10.3 Å². The Morgan fingerprint density at radius 1 is 1.33 bits per heavy atom. The standard InChI is InChI=1S/C12H11ClN4O/c13-7-2-1-3-8(4-7)17-11-5-9(12(15)18)10(14)6-16-11/h1-6H,14H2,(H2,15,18)(H,16,17). The molecule has 0 bridgehead atoms. The summed E-state index contributed by atoms with van der Waals surface area (Å²) >= 11 is 5.86. The molecule has 0 unspecified atom stereocenters. The number of amides is 1. The number of anilines is 3. The van der Waals surface area contributed by atoms with Crippen LogP contribution in [-0.2, 0) is 0 Å². The van der Waals surface area contributed by atoms with Gasteiger partial charge in [-0.25, -0.2) is 4.98 Å². The van der Waals surface area contributed by atoms with Gasteiger partial charge in [0, 0.05) is 10.7 Å². The van der Waals surface area contributed by atoms with Gasteiger partial charge in [0.2, 0.25) is 0 Å². The molecule has 0 radical (unpaired) electrons. The molecule has 2 rings (SSSR count). The Morgan fingerprint density at radius 2 is 2.11 bits per heavy atom. The molecule has 1 amide bonds. The van der Waals surface area contributed by atoms with Crippen LogP contribution in [0.2, 0.25) is 5.02 Å². The van der Waals surface area contributed by atoms with Gasteiger partial charge in [-0.05, 0) is 24.3 Å². The van der Waals surface area contributed by atoms with E-state index >= 15 is 0 Å². The number of carbonyl (C=O) groups is 1. The molecule has 5 nitrogen and oxygen atoms in total. The first-order valence-corrected chi connectivity index (χ1v) is 5.52. The average Bonchev–Trinajstić information content (AvgIpc) is 2.31. The van der Waals surface area contributed by atoms with Crippen molar-refractivity contribution in [1.29, 1.82) is 0 Å². The van der Waals surface area contributed by atoms with Crippen LogP contribution in [0.25, 0.3) is 0 Å². The van der Waals surface area contributed by atoms with Gasteiger partial charge in [-0.2, -0.15) is 0 Å². The van der Waals surface area contributed by atoms with Crippen LogP contribution in [0.5, 0.6) is 0 Å². The second kappa shape index (κ2) is 4.93. The molecule has 0 aliphatic heterocycles. The fourth-order valence-electron chi connectivity index (χ4n) is 1.46. The van der Waals surface area contributed by atoms with Crippen LogP contribution in [0.3, 0.4) is 0 Å². The Morgan fingerprint density at radius 3 is 2.78 bits per heavy atom. The molecule has 1 heterocycles. The first-order chi connectivity index (χ1) is 8.56. The molecule has 0 saturated heterocycles. The largest absolute Gasteiger partial charge is 0.397 e. The van der Waals surface area contributed by atoms with Gasteiger partial charge >= 0.3 is 0 Å². The summed E-state index contributed by atoms with van der Waals surface area (Å²) in [6.45, 7) is 0. The molecule has 0 atom stereocenters. The van der Waals surface area contributed by atoms with E-state index in [1.165, 1.54) is 12.3 Å². The Balaban J connectivity index is 2.30. The van der Waals surface area contributed by atoms with E-state index < -0.39 is 5.91 Å². The molecular formula is C12H11ClN4O. The number of nitrogens with one attached hydrogen (secondary N) is 1. The summed E-state index contributed by atoms with van der Waals surface area (Å²) in [5, 5.41) is 3.61. The number of nitrogen functional groups attached to an aromatic ring is 1. The number of rotatable bonds is 3. The molecule has 5 N–H and O–H groups in total. The lowest BCUT2D eigenvalue weighted by atomic mass is 10.2. The number of pyridine rings is 1. The zero-order valence-electron chi connectivity index (χ0n) is 9.35. The zero-order chi connectivity index (χ0) is 13.1. The molecule has 2 aromatic rings. The maximum absolute atomic E-state index is 11.1. The Hall–Kier alpha value is -2.27. The summed E-state index contributed by atoms with van der Waals surface area (Å²) in [6.07, 6.45) is 1.38. The van der Waals surface area contributed by atoms with Gasteiger partial charge in [-0.3, -0.25) is 4.79 Å². The molecular weight excluding hydrogens is 252 g/mol. The smallest absolute Gasteiger partial charge is 0.250 e. The number of benzene rings is 1. The molecule has 1 aromatic heterocycles. The first kappa shape index (κ1) is 12.2. The molecule has 6 heteroatoms. The first-order valence-electron chi connectivity index (χ1n) is 5.14. The maximum Gasteiger partial charge on any atom is 0.250 e. The van der Waals surface area contributed by atoms with Gasteiger partial charge in [-0.1, -0.05) is 17.7 Å². The normalized spacial score (nSPS) is 10.1. The van der Waals surface area contributed by atoms with Crippen LogP contribution in [0.4, 0.5) is 17.2 Å². The number of nitrogens with two attached hydrogens (primary N) is 2. The van der Waals surface area contributed by atoms with Crippen molar-refractivity contribution in [3.05, 3.63) is 47.1 Å². The summed E-state index contributed by atoms with van der Waals surface area (Å²) in [7, 11) is 0. The van der Waals surface area contributed by atoms with Gasteiger partial charge < -0.3 is 16.8 Å². The van der Waals surface area contributed by atoms with Crippen LogP contribution in [0.15, 0.2) is 36.5 Å². The third-order valence-electron chi connectivity index (χ3n) is 2.30. The highest BCUT2D eigenvalue weighted by molar-refractivity contribution is 6.30. The summed E-state index contributed by atoms with van der Waals surface area (Å²) in [4.78, 5) is 15.2. The molecule has 18 heavy (non-hydrogen) atoms. The summed E-state index contributed by atoms with van der Waals surface area (Å²) < 4.78 is 0. The van der Waals surface area contributed by atoms with Gasteiger partial charge in [0.15, 0.2) is 0 Å². The van der Waals surface area contributed by atoms with Gasteiger partial charge in [0.25, 0.3) is 5.91 Å². The molecule has 0 spiro atoms. The number of primary amides is 1. The van der Waals surface area contributed by atoms with Crippen molar-refractivity contribution in [2.24, 2.45) is 5.73 Å². The van der Waals surface area contributed by atoms with Crippen molar-refractivity contribution in [3.8, 4) is 0 Å². The minimum atomic E-state index is -0.593. The fourth-order valence-corrected chi connectivity index (χ4v) is 1.65. The Labute approximate surface area is 109 Å². The minimum Gasteiger partial charge on any atom is -0.397 e. The van der Waals surface area contributed by atoms with E-state index in [1.807, 2.05) is 6.07 Å². The quantitative estimate of drug-likeness (QED) is 0.790. The lowest BCUT2D eigenvalue weighted by Gasteiger charge is -2.08. The van der Waals surface area contributed by atoms with Crippen LogP contribution in [0, 0.1) is 0 Å². The highest BCUT2D eigenvalue weighted by atomic mass is 35.5. The third-order valence-corrected chi connectivity index (χ3v) is 2.53. The summed E-state index contributed by atoms with van der Waals surface area (Å²) in [6, 6.07) is 8.63. The van der Waals surface area contributed by atoms with Gasteiger partial charge in [-0.15, -0.1) is 0 Å². The number of hydrogen-bond acceptors (Lipinski definition) is 4. The van der Waals surface area contributed by atoms with Gasteiger partial charge in [0.05, 0.1) is 17.4 Å². The SMILES string of the molecule is NC(=O)c1cc(Nc2cccc(Cl)c2)ncc1N. The minimum absolute atomic E-state index is 0.231. The van der Waals surface area contributed by atoms with Crippen LogP contribution in [0.1, 0.15) is 10.4 Å². The van der Waals surface area contributed by atoms with E-state index in [1.54, 1.807) is 18.2 Å². The van der Waals surface area contributed by atoms with E-state index in [9.17, 15) is 4.79 Å². The summed E-state index contributed by atoms with van der Waals surface area (Å²) in [5.74, 6) is -0.121. The molecule has 0 fully saturated rings. The van der Waals surface area contributed by atoms with Crippen molar-refractivity contribution in [2.75, 3.05) is 11.1 Å². The van der Waals surface area contributed by atoms with Crippen molar-refractivity contribution >= 4 is 34.7 Å². The molecule has 92 valence electrons. The molecule has 0 aliphatic carbocycles. The third kappa shape index (κ3) is 2.70. The van der Waals surface area contributed by atoms with E-state index in [-0.39, 0.29) is 11.3 Å². The van der Waals surface area contributed by atoms with Gasteiger partial charge in [0.1, 0.15) is 5.82 Å². The number of halogens is 1. The average molecular weight is 263 g/mol. The zero-order valence-corrected chi connectivity index (χ0v) is 10.1. The molecule has 0 aliphatic rings. The van der Waals surface area contributed by atoms with Crippen LogP contribution >= 0.6 is 11.6 Å². The molecule has 1 aromatic carbocycles. The highest BCUT2D eigenvalue weighted by Gasteiger charge is 2.08. The van der Waals surface area contributed by atoms with Crippen molar-refractivity contribution < 1.29 is 4.79 Å². The molecule has 0 saturated carbocycles. The Bertz CT molecular complexity index is 600. The monoisotopic (exact) mass is 262 g/mol. The van der Waals surface area contributed by atoms with Crippen LogP contribution < -0.4 is 16.8 Å². The lowest BCUT2D eigenvalue weighted by Crippen LogP contribution is -2.14. The van der Waals surface area contributed by atoms with Crippen molar-refractivity contribution in [1.82, 2.24) is 4.98 Å². The topological polar surface area (TPSA) is 94.0 Å². The second-order valence-electron chi connectivity index (χ2n) is 3.66. The van der Waals surface area contributed by atoms with E-state index in [0.717, 1.165) is 5.69 Å². The fraction of sp³-hybridized carbons (Fsp3) is 0. The highest BCUT2D eigenvalue weighted by Crippen LogP contribution is 2.21. The number of carbonyl (C=O) groups excluding carboxylic acids is 1. The Kier molecular flexibility index (Phi) is 3.34. The number of hydrogen-bond donors (Lipinski definition) is 3. The van der Waals surface area contributed by atoms with Crippen LogP contribution in [-0.4, -0.2) is 10.9 Å².